The summed E-state index contributed by atoms with van der Waals surface area (Å²) in [4.78, 5) is 0.160. The van der Waals surface area contributed by atoms with Gasteiger partial charge in [-0.05, 0) is 38.5 Å². The van der Waals surface area contributed by atoms with Gasteiger partial charge < -0.3 is 5.73 Å². The van der Waals surface area contributed by atoms with Gasteiger partial charge in [0.2, 0.25) is 0 Å². The molecule has 2 rings (SSSR count). The Balaban J connectivity index is 2.44. The van der Waals surface area contributed by atoms with Crippen LogP contribution in [0.15, 0.2) is 23.1 Å². The summed E-state index contributed by atoms with van der Waals surface area (Å²) < 4.78 is 27.1. The summed E-state index contributed by atoms with van der Waals surface area (Å²) in [5, 5.41) is 6.67. The molecule has 1 aromatic heterocycles. The summed E-state index contributed by atoms with van der Waals surface area (Å²) in [6, 6.07) is 4.79. The van der Waals surface area contributed by atoms with Gasteiger partial charge in [-0.25, -0.2) is 8.42 Å². The third kappa shape index (κ3) is 2.41. The van der Waals surface area contributed by atoms with E-state index in [1.54, 1.807) is 26.0 Å². The van der Waals surface area contributed by atoms with E-state index in [2.05, 4.69) is 14.9 Å². The molecule has 0 aliphatic carbocycles. The van der Waals surface area contributed by atoms with Crippen molar-refractivity contribution in [2.24, 2.45) is 0 Å². The van der Waals surface area contributed by atoms with Gasteiger partial charge in [0.25, 0.3) is 10.0 Å². The lowest BCUT2D eigenvalue weighted by Gasteiger charge is -2.10. The van der Waals surface area contributed by atoms with Crippen molar-refractivity contribution in [2.75, 3.05) is 10.5 Å². The van der Waals surface area contributed by atoms with Crippen molar-refractivity contribution in [1.29, 1.82) is 0 Å². The Labute approximate surface area is 112 Å². The largest absolute Gasteiger partial charge is 0.398 e. The van der Waals surface area contributed by atoms with Crippen LogP contribution in [0, 0.1) is 20.8 Å². The van der Waals surface area contributed by atoms with Crippen molar-refractivity contribution in [3.63, 3.8) is 0 Å². The zero-order valence-corrected chi connectivity index (χ0v) is 11.8. The minimum Gasteiger partial charge on any atom is -0.398 e. The number of anilines is 2. The first-order chi connectivity index (χ1) is 8.83. The quantitative estimate of drug-likeness (QED) is 0.745. The van der Waals surface area contributed by atoms with E-state index in [9.17, 15) is 8.42 Å². The number of aromatic nitrogens is 2. The minimum absolute atomic E-state index is 0.160. The number of nitrogens with zero attached hydrogens (tertiary/aromatic N) is 1. The van der Waals surface area contributed by atoms with Crippen molar-refractivity contribution in [1.82, 2.24) is 10.2 Å². The highest BCUT2D eigenvalue weighted by atomic mass is 32.2. The van der Waals surface area contributed by atoms with Crippen LogP contribution < -0.4 is 10.5 Å². The predicted molar refractivity (Wildman–Crippen MR) is 74.5 cm³/mol. The van der Waals surface area contributed by atoms with Gasteiger partial charge in [0.1, 0.15) is 0 Å². The zero-order chi connectivity index (χ0) is 14.2. The molecule has 0 saturated carbocycles. The third-order valence-corrected chi connectivity index (χ3v) is 4.58. The molecule has 0 spiro atoms. The Kier molecular flexibility index (Phi) is 3.23. The molecule has 1 heterocycles. The van der Waals surface area contributed by atoms with E-state index in [0.29, 0.717) is 17.1 Å². The number of aryl methyl sites for hydroxylation is 1. The number of hydrogen-bond acceptors (Lipinski definition) is 4. The van der Waals surface area contributed by atoms with Crippen molar-refractivity contribution in [3.05, 3.63) is 35.0 Å². The van der Waals surface area contributed by atoms with E-state index in [4.69, 9.17) is 5.73 Å². The first-order valence-electron chi connectivity index (χ1n) is 5.72. The van der Waals surface area contributed by atoms with Crippen LogP contribution in [0.5, 0.6) is 0 Å². The number of nitrogens with two attached hydrogens (primary N) is 1. The smallest absolute Gasteiger partial charge is 0.263 e. The first-order valence-corrected chi connectivity index (χ1v) is 7.20. The van der Waals surface area contributed by atoms with E-state index in [1.165, 1.54) is 6.07 Å². The van der Waals surface area contributed by atoms with Crippen LogP contribution in [-0.2, 0) is 10.0 Å². The monoisotopic (exact) mass is 280 g/mol. The van der Waals surface area contributed by atoms with Crippen molar-refractivity contribution < 1.29 is 8.42 Å². The summed E-state index contributed by atoms with van der Waals surface area (Å²) in [6.45, 7) is 5.29. The molecule has 4 N–H and O–H groups in total. The topological polar surface area (TPSA) is 101 Å². The zero-order valence-electron chi connectivity index (χ0n) is 11.0. The normalized spacial score (nSPS) is 11.5. The number of aromatic amines is 1. The molecule has 0 amide bonds. The molecule has 6 nitrogen and oxygen atoms in total. The van der Waals surface area contributed by atoms with Gasteiger partial charge in [0.05, 0.1) is 4.90 Å². The fourth-order valence-electron chi connectivity index (χ4n) is 1.69. The Morgan fingerprint density at radius 3 is 2.47 bits per heavy atom. The fraction of sp³-hybridized carbons (Fsp3) is 0.250. The number of sulfonamides is 1. The molecule has 0 atom stereocenters. The van der Waals surface area contributed by atoms with Crippen LogP contribution in [-0.4, -0.2) is 18.6 Å². The van der Waals surface area contributed by atoms with Gasteiger partial charge in [0, 0.05) is 16.9 Å². The summed E-state index contributed by atoms with van der Waals surface area (Å²) in [5.74, 6) is 0.305. The van der Waals surface area contributed by atoms with E-state index in [1.807, 2.05) is 6.92 Å². The van der Waals surface area contributed by atoms with Gasteiger partial charge in [0.15, 0.2) is 5.82 Å². The minimum atomic E-state index is -3.69. The average molecular weight is 280 g/mol. The molecule has 0 saturated heterocycles. The molecule has 0 unspecified atom stereocenters. The SMILES string of the molecule is Cc1[nH]nc(NS(=O)(=O)c2cccc(N)c2C)c1C. The van der Waals surface area contributed by atoms with Gasteiger partial charge in [-0.1, -0.05) is 6.07 Å². The van der Waals surface area contributed by atoms with Crippen LogP contribution in [0.3, 0.4) is 0 Å². The third-order valence-electron chi connectivity index (χ3n) is 3.10. The van der Waals surface area contributed by atoms with Crippen LogP contribution >= 0.6 is 0 Å². The van der Waals surface area contributed by atoms with Gasteiger partial charge in [-0.3, -0.25) is 9.82 Å². The predicted octanol–water partition coefficient (Wildman–Crippen LogP) is 1.72. The number of H-pyrrole nitrogens is 1. The fourth-order valence-corrected chi connectivity index (χ4v) is 3.03. The van der Waals surface area contributed by atoms with E-state index in [0.717, 1.165) is 11.3 Å². The lowest BCUT2D eigenvalue weighted by atomic mass is 10.2. The molecule has 0 bridgehead atoms. The summed E-state index contributed by atoms with van der Waals surface area (Å²) in [7, 11) is -3.69. The summed E-state index contributed by atoms with van der Waals surface area (Å²) >= 11 is 0. The highest BCUT2D eigenvalue weighted by molar-refractivity contribution is 7.92. The van der Waals surface area contributed by atoms with Crippen LogP contribution in [0.25, 0.3) is 0 Å². The Bertz CT molecular complexity index is 719. The average Bonchev–Trinajstić information content (AvgIpc) is 2.64. The second-order valence-corrected chi connectivity index (χ2v) is 6.05. The standard InChI is InChI=1S/C12H16N4O2S/c1-7-9(3)14-15-12(7)16-19(17,18)11-6-4-5-10(13)8(11)2/h4-6H,13H2,1-3H3,(H2,14,15,16). The second-order valence-electron chi connectivity index (χ2n) is 4.40. The molecule has 0 radical (unpaired) electrons. The van der Waals surface area contributed by atoms with Crippen LogP contribution in [0.2, 0.25) is 0 Å². The highest BCUT2D eigenvalue weighted by Crippen LogP contribution is 2.24. The Morgan fingerprint density at radius 1 is 1.21 bits per heavy atom. The summed E-state index contributed by atoms with van der Waals surface area (Å²) in [6.07, 6.45) is 0. The summed E-state index contributed by atoms with van der Waals surface area (Å²) in [5.41, 5.74) is 8.29. The maximum atomic E-state index is 12.3. The van der Waals surface area contributed by atoms with Gasteiger partial charge in [-0.2, -0.15) is 5.10 Å². The molecule has 0 fully saturated rings. The molecule has 7 heteroatoms. The highest BCUT2D eigenvalue weighted by Gasteiger charge is 2.20. The molecule has 0 aliphatic rings. The van der Waals surface area contributed by atoms with Crippen molar-refractivity contribution in [3.8, 4) is 0 Å². The van der Waals surface area contributed by atoms with Crippen LogP contribution in [0.1, 0.15) is 16.8 Å². The first kappa shape index (κ1) is 13.4. The van der Waals surface area contributed by atoms with E-state index in [-0.39, 0.29) is 4.90 Å². The van der Waals surface area contributed by atoms with E-state index >= 15 is 0 Å². The maximum Gasteiger partial charge on any atom is 0.263 e. The number of nitrogens with one attached hydrogen (secondary N) is 2. The lowest BCUT2D eigenvalue weighted by Crippen LogP contribution is -2.15. The second kappa shape index (κ2) is 4.58. The van der Waals surface area contributed by atoms with Gasteiger partial charge in [-0.15, -0.1) is 0 Å². The van der Waals surface area contributed by atoms with Crippen molar-refractivity contribution >= 4 is 21.5 Å². The molecule has 1 aromatic carbocycles. The molecule has 2 aromatic rings. The van der Waals surface area contributed by atoms with E-state index < -0.39 is 10.0 Å². The van der Waals surface area contributed by atoms with Crippen molar-refractivity contribution in [2.45, 2.75) is 25.7 Å². The van der Waals surface area contributed by atoms with Gasteiger partial charge >= 0.3 is 0 Å². The molecule has 102 valence electrons. The lowest BCUT2D eigenvalue weighted by molar-refractivity contribution is 0.600. The Morgan fingerprint density at radius 2 is 1.89 bits per heavy atom. The number of nitrogen functional groups attached to an aromatic ring is 1. The maximum absolute atomic E-state index is 12.3. The molecular weight excluding hydrogens is 264 g/mol. The molecule has 0 aliphatic heterocycles. The number of hydrogen-bond donors (Lipinski definition) is 3. The Hall–Kier alpha value is -2.02. The molecule has 19 heavy (non-hydrogen) atoms. The number of benzene rings is 1. The molecular formula is C12H16N4O2S. The number of rotatable bonds is 3. The van der Waals surface area contributed by atoms with Crippen LogP contribution in [0.4, 0.5) is 11.5 Å².